The first-order chi connectivity index (χ1) is 16.1. The molecule has 10 heteroatoms. The van der Waals surface area contributed by atoms with Gasteiger partial charge in [-0.2, -0.15) is 0 Å². The van der Waals surface area contributed by atoms with Gasteiger partial charge in [0.2, 0.25) is 11.1 Å². The van der Waals surface area contributed by atoms with Crippen molar-refractivity contribution in [1.29, 1.82) is 0 Å². The number of thioether (sulfide) groups is 1. The van der Waals surface area contributed by atoms with E-state index < -0.39 is 5.25 Å². The number of carbonyl (C=O) groups excluding carboxylic acids is 1. The molecule has 2 aromatic carbocycles. The molecule has 1 saturated heterocycles. The van der Waals surface area contributed by atoms with Gasteiger partial charge in [-0.15, -0.1) is 10.2 Å². The molecular formula is C23H24ClN5O3S. The molecular weight excluding hydrogens is 462 g/mol. The molecule has 33 heavy (non-hydrogen) atoms. The summed E-state index contributed by atoms with van der Waals surface area (Å²) in [6.07, 6.45) is 2.05. The SMILES string of the molecule is COc1ccc([C@@H]2Nn3c(nnc3-c3ccccc3)S[C@H]2C(=O)NC[C@H]2CCCO2)cc1Cl. The summed E-state index contributed by atoms with van der Waals surface area (Å²) in [7, 11) is 1.58. The van der Waals surface area contributed by atoms with Crippen LogP contribution in [0.5, 0.6) is 5.75 Å². The number of amides is 1. The van der Waals surface area contributed by atoms with E-state index in [1.165, 1.54) is 11.8 Å². The summed E-state index contributed by atoms with van der Waals surface area (Å²) in [5.41, 5.74) is 5.26. The van der Waals surface area contributed by atoms with Crippen LogP contribution in [0.15, 0.2) is 53.7 Å². The smallest absolute Gasteiger partial charge is 0.236 e. The van der Waals surface area contributed by atoms with Crippen molar-refractivity contribution in [3.05, 3.63) is 59.1 Å². The molecule has 1 amide bonds. The van der Waals surface area contributed by atoms with Crippen LogP contribution in [-0.4, -0.2) is 52.4 Å². The normalized spacial score (nSPS) is 21.8. The maximum atomic E-state index is 13.3. The maximum absolute atomic E-state index is 13.3. The van der Waals surface area contributed by atoms with Gasteiger partial charge in [0.1, 0.15) is 11.0 Å². The number of aromatic nitrogens is 3. The van der Waals surface area contributed by atoms with Gasteiger partial charge in [-0.1, -0.05) is 59.8 Å². The molecule has 1 aromatic heterocycles. The number of halogens is 1. The molecule has 0 saturated carbocycles. The van der Waals surface area contributed by atoms with Gasteiger partial charge in [0.25, 0.3) is 0 Å². The predicted octanol–water partition coefficient (Wildman–Crippen LogP) is 3.66. The van der Waals surface area contributed by atoms with E-state index in [1.54, 1.807) is 7.11 Å². The van der Waals surface area contributed by atoms with Gasteiger partial charge < -0.3 is 20.2 Å². The van der Waals surface area contributed by atoms with E-state index in [2.05, 4.69) is 20.9 Å². The lowest BCUT2D eigenvalue weighted by Crippen LogP contribution is -2.45. The number of rotatable bonds is 6. The zero-order valence-electron chi connectivity index (χ0n) is 18.0. The quantitative estimate of drug-likeness (QED) is 0.550. The Balaban J connectivity index is 1.47. The Labute approximate surface area is 201 Å². The summed E-state index contributed by atoms with van der Waals surface area (Å²) in [6.45, 7) is 1.24. The fraction of sp³-hybridized carbons (Fsp3) is 0.348. The lowest BCUT2D eigenvalue weighted by molar-refractivity contribution is -0.121. The molecule has 1 fully saturated rings. The summed E-state index contributed by atoms with van der Waals surface area (Å²) >= 11 is 7.80. The number of hydrogen-bond donors (Lipinski definition) is 2. The van der Waals surface area contributed by atoms with Gasteiger partial charge in [0.15, 0.2) is 5.82 Å². The topological polar surface area (TPSA) is 90.3 Å². The molecule has 0 spiro atoms. The van der Waals surface area contributed by atoms with E-state index in [0.29, 0.717) is 28.3 Å². The van der Waals surface area contributed by atoms with Crippen molar-refractivity contribution in [3.8, 4) is 17.1 Å². The molecule has 2 aliphatic rings. The first-order valence-corrected chi connectivity index (χ1v) is 12.1. The van der Waals surface area contributed by atoms with Crippen molar-refractivity contribution < 1.29 is 14.3 Å². The van der Waals surface area contributed by atoms with Crippen LogP contribution in [0.4, 0.5) is 0 Å². The average molecular weight is 486 g/mol. The van der Waals surface area contributed by atoms with Crippen LogP contribution in [0, 0.1) is 0 Å². The van der Waals surface area contributed by atoms with Crippen LogP contribution in [0.25, 0.3) is 11.4 Å². The molecule has 2 N–H and O–H groups in total. The van der Waals surface area contributed by atoms with E-state index in [1.807, 2.05) is 53.2 Å². The van der Waals surface area contributed by atoms with Crippen LogP contribution < -0.4 is 15.5 Å². The Bertz CT molecular complexity index is 1140. The van der Waals surface area contributed by atoms with Crippen LogP contribution >= 0.6 is 23.4 Å². The number of methoxy groups -OCH3 is 1. The second kappa shape index (κ2) is 9.62. The van der Waals surface area contributed by atoms with Gasteiger partial charge in [0.05, 0.1) is 24.3 Å². The third kappa shape index (κ3) is 4.53. The van der Waals surface area contributed by atoms with E-state index in [-0.39, 0.29) is 18.1 Å². The fourth-order valence-corrected chi connectivity index (χ4v) is 5.45. The Hall–Kier alpha value is -2.75. The minimum atomic E-state index is -0.476. The lowest BCUT2D eigenvalue weighted by Gasteiger charge is -2.33. The molecule has 3 heterocycles. The molecule has 3 atom stereocenters. The summed E-state index contributed by atoms with van der Waals surface area (Å²) in [6, 6.07) is 15.0. The summed E-state index contributed by atoms with van der Waals surface area (Å²) < 4.78 is 12.8. The largest absolute Gasteiger partial charge is 0.495 e. The number of fused-ring (bicyclic) bond motifs is 1. The second-order valence-electron chi connectivity index (χ2n) is 7.93. The molecule has 0 bridgehead atoms. The lowest BCUT2D eigenvalue weighted by atomic mass is 10.0. The Morgan fingerprint density at radius 1 is 1.30 bits per heavy atom. The summed E-state index contributed by atoms with van der Waals surface area (Å²) in [5.74, 6) is 1.18. The van der Waals surface area contributed by atoms with Gasteiger partial charge in [-0.3, -0.25) is 4.79 Å². The Kier molecular flexibility index (Phi) is 6.43. The van der Waals surface area contributed by atoms with Gasteiger partial charge in [-0.25, -0.2) is 4.68 Å². The molecule has 0 unspecified atom stereocenters. The molecule has 172 valence electrons. The van der Waals surface area contributed by atoms with Crippen LogP contribution in [0.1, 0.15) is 24.4 Å². The summed E-state index contributed by atoms with van der Waals surface area (Å²) in [5, 5.41) is 12.4. The Morgan fingerprint density at radius 2 is 2.15 bits per heavy atom. The zero-order chi connectivity index (χ0) is 22.8. The van der Waals surface area contributed by atoms with E-state index in [0.717, 1.165) is 30.6 Å². The number of benzene rings is 2. The number of ether oxygens (including phenoxy) is 2. The van der Waals surface area contributed by atoms with Crippen LogP contribution in [0.3, 0.4) is 0 Å². The monoisotopic (exact) mass is 485 g/mol. The highest BCUT2D eigenvalue weighted by Crippen LogP contribution is 2.40. The maximum Gasteiger partial charge on any atom is 0.236 e. The third-order valence-electron chi connectivity index (χ3n) is 5.79. The predicted molar refractivity (Wildman–Crippen MR) is 127 cm³/mol. The molecule has 2 aliphatic heterocycles. The zero-order valence-corrected chi connectivity index (χ0v) is 19.6. The van der Waals surface area contributed by atoms with E-state index in [4.69, 9.17) is 21.1 Å². The van der Waals surface area contributed by atoms with Crippen LogP contribution in [0.2, 0.25) is 5.02 Å². The second-order valence-corrected chi connectivity index (χ2v) is 9.44. The number of nitrogens with one attached hydrogen (secondary N) is 2. The first-order valence-electron chi connectivity index (χ1n) is 10.8. The fourth-order valence-electron chi connectivity index (χ4n) is 4.08. The van der Waals surface area contributed by atoms with Crippen molar-refractivity contribution in [2.75, 3.05) is 25.7 Å². The van der Waals surface area contributed by atoms with Crippen molar-refractivity contribution in [1.82, 2.24) is 20.2 Å². The molecule has 5 rings (SSSR count). The van der Waals surface area contributed by atoms with Crippen LogP contribution in [-0.2, 0) is 9.53 Å². The molecule has 8 nitrogen and oxygen atoms in total. The number of nitrogens with zero attached hydrogens (tertiary/aromatic N) is 3. The third-order valence-corrected chi connectivity index (χ3v) is 7.30. The highest BCUT2D eigenvalue weighted by molar-refractivity contribution is 8.00. The van der Waals surface area contributed by atoms with Crippen molar-refractivity contribution in [2.45, 2.75) is 35.4 Å². The van der Waals surface area contributed by atoms with Gasteiger partial charge in [0, 0.05) is 18.7 Å². The van der Waals surface area contributed by atoms with Crippen molar-refractivity contribution in [3.63, 3.8) is 0 Å². The molecule has 3 aromatic rings. The van der Waals surface area contributed by atoms with E-state index >= 15 is 0 Å². The Morgan fingerprint density at radius 3 is 2.88 bits per heavy atom. The average Bonchev–Trinajstić information content (AvgIpc) is 3.52. The number of carbonyl (C=O) groups is 1. The first kappa shape index (κ1) is 22.1. The minimum absolute atomic E-state index is 0.0673. The minimum Gasteiger partial charge on any atom is -0.495 e. The van der Waals surface area contributed by atoms with Gasteiger partial charge in [-0.05, 0) is 30.5 Å². The molecule has 0 radical (unpaired) electrons. The van der Waals surface area contributed by atoms with E-state index in [9.17, 15) is 4.79 Å². The standard InChI is InChI=1S/C23H24ClN5O3S/c1-31-18-10-9-15(12-17(18)24)19-20(22(30)25-13-16-8-5-11-32-16)33-23-27-26-21(29(23)28-19)14-6-3-2-4-7-14/h2-4,6-7,9-10,12,16,19-20,28H,5,8,11,13H2,1H3,(H,25,30)/t16-,19+,20-/m1/s1. The van der Waals surface area contributed by atoms with Crippen molar-refractivity contribution >= 4 is 29.3 Å². The van der Waals surface area contributed by atoms with Gasteiger partial charge >= 0.3 is 0 Å². The highest BCUT2D eigenvalue weighted by Gasteiger charge is 2.38. The molecule has 0 aliphatic carbocycles. The highest BCUT2D eigenvalue weighted by atomic mass is 35.5. The van der Waals surface area contributed by atoms with Crippen molar-refractivity contribution in [2.24, 2.45) is 0 Å². The number of hydrogen-bond acceptors (Lipinski definition) is 7. The summed E-state index contributed by atoms with van der Waals surface area (Å²) in [4.78, 5) is 13.3.